The van der Waals surface area contributed by atoms with Crippen LogP contribution in [0.5, 0.6) is 5.75 Å². The quantitative estimate of drug-likeness (QED) is 0.807. The number of urea groups is 1. The molecule has 0 bridgehead atoms. The summed E-state index contributed by atoms with van der Waals surface area (Å²) < 4.78 is 23.0. The first-order valence-corrected chi connectivity index (χ1v) is 7.69. The van der Waals surface area contributed by atoms with Crippen LogP contribution < -0.4 is 5.73 Å². The van der Waals surface area contributed by atoms with E-state index in [1.165, 1.54) is 24.6 Å². The molecule has 98 valence electrons. The Bertz CT molecular complexity index is 536. The maximum atomic E-state index is 11.5. The zero-order valence-corrected chi connectivity index (χ0v) is 11.2. The van der Waals surface area contributed by atoms with E-state index in [2.05, 4.69) is 10.2 Å². The van der Waals surface area contributed by atoms with E-state index in [9.17, 15) is 18.3 Å². The molecule has 0 saturated heterocycles. The molecule has 1 rings (SSSR count). The molecule has 7 nitrogen and oxygen atoms in total. The van der Waals surface area contributed by atoms with Gasteiger partial charge in [0.15, 0.2) is 0 Å². The van der Waals surface area contributed by atoms with Gasteiger partial charge in [0.2, 0.25) is 0 Å². The lowest BCUT2D eigenvalue weighted by molar-refractivity contribution is 0.255. The molecule has 0 aromatic heterocycles. The predicted octanol–water partition coefficient (Wildman–Crippen LogP) is 1.03. The second kappa shape index (κ2) is 5.83. The van der Waals surface area contributed by atoms with Gasteiger partial charge < -0.3 is 10.8 Å². The van der Waals surface area contributed by atoms with Gasteiger partial charge in [-0.15, -0.1) is 5.11 Å². The number of phenolic OH excluding ortho intramolecular Hbond substituents is 1. The van der Waals surface area contributed by atoms with Crippen molar-refractivity contribution in [1.29, 1.82) is 0 Å². The van der Waals surface area contributed by atoms with E-state index in [0.717, 1.165) is 0 Å². The van der Waals surface area contributed by atoms with Gasteiger partial charge in [-0.1, -0.05) is 5.11 Å². The molecular formula is C9H11N3O4S2. The van der Waals surface area contributed by atoms with Crippen molar-refractivity contribution < 1.29 is 18.3 Å². The van der Waals surface area contributed by atoms with Crippen molar-refractivity contribution in [2.45, 2.75) is 9.79 Å². The highest BCUT2D eigenvalue weighted by Gasteiger charge is 2.16. The van der Waals surface area contributed by atoms with Crippen molar-refractivity contribution in [3.05, 3.63) is 12.1 Å². The smallest absolute Gasteiger partial charge is 0.356 e. The number of phenols is 1. The van der Waals surface area contributed by atoms with Crippen LogP contribution >= 0.6 is 0 Å². The minimum Gasteiger partial charge on any atom is -0.508 e. The van der Waals surface area contributed by atoms with E-state index >= 15 is 0 Å². The summed E-state index contributed by atoms with van der Waals surface area (Å²) in [6.07, 6.45) is 2.72. The first kappa shape index (κ1) is 14.5. The molecule has 1 aromatic rings. The minimum atomic E-state index is -1.49. The molecule has 9 heteroatoms. The molecule has 2 atom stereocenters. The van der Waals surface area contributed by atoms with Gasteiger partial charge in [0.1, 0.15) is 11.4 Å². The Labute approximate surface area is 108 Å². The maximum absolute atomic E-state index is 11.5. The summed E-state index contributed by atoms with van der Waals surface area (Å²) in [5, 5.41) is 16.1. The Kier molecular flexibility index (Phi) is 4.68. The standard InChI is InChI=1S/C9H11N3O4S2/c1-17(15)6-3-5(13)4-7(18(2)16)8(6)11-12-9(10)14/h3-4,13H,1-2H3,(H2,10,14). The summed E-state index contributed by atoms with van der Waals surface area (Å²) in [4.78, 5) is 10.8. The zero-order chi connectivity index (χ0) is 13.9. The SMILES string of the molecule is CS(=O)c1cc(O)cc(S(C)=O)c1N=NC(N)=O. The van der Waals surface area contributed by atoms with Crippen LogP contribution in [0.25, 0.3) is 0 Å². The van der Waals surface area contributed by atoms with Crippen LogP contribution in [0.15, 0.2) is 32.2 Å². The molecule has 0 spiro atoms. The molecule has 0 radical (unpaired) electrons. The molecule has 2 amide bonds. The van der Waals surface area contributed by atoms with Gasteiger partial charge in [0.25, 0.3) is 0 Å². The van der Waals surface area contributed by atoms with Crippen molar-refractivity contribution in [2.24, 2.45) is 16.0 Å². The van der Waals surface area contributed by atoms with E-state index in [4.69, 9.17) is 5.73 Å². The lowest BCUT2D eigenvalue weighted by atomic mass is 10.3. The average Bonchev–Trinajstić information content (AvgIpc) is 2.25. The highest BCUT2D eigenvalue weighted by molar-refractivity contribution is 7.85. The van der Waals surface area contributed by atoms with Crippen LogP contribution in [0.3, 0.4) is 0 Å². The van der Waals surface area contributed by atoms with Crippen LogP contribution in [-0.4, -0.2) is 32.1 Å². The molecule has 0 fully saturated rings. The summed E-state index contributed by atoms with van der Waals surface area (Å²) in [5.41, 5.74) is 4.84. The summed E-state index contributed by atoms with van der Waals surface area (Å²) >= 11 is 0. The molecule has 0 heterocycles. The number of benzene rings is 1. The Morgan fingerprint density at radius 2 is 1.67 bits per heavy atom. The number of nitrogens with zero attached hydrogens (tertiary/aromatic N) is 2. The van der Waals surface area contributed by atoms with Gasteiger partial charge in [-0.05, 0) is 12.1 Å². The van der Waals surface area contributed by atoms with E-state index < -0.39 is 27.6 Å². The normalized spacial score (nSPS) is 14.6. The molecule has 2 unspecified atom stereocenters. The monoisotopic (exact) mass is 289 g/mol. The van der Waals surface area contributed by atoms with Crippen molar-refractivity contribution in [3.63, 3.8) is 0 Å². The molecular weight excluding hydrogens is 278 g/mol. The van der Waals surface area contributed by atoms with Crippen LogP contribution in [0.1, 0.15) is 0 Å². The van der Waals surface area contributed by atoms with Gasteiger partial charge in [-0.2, -0.15) is 0 Å². The minimum absolute atomic E-state index is 0.0215. The first-order valence-electron chi connectivity index (χ1n) is 4.58. The van der Waals surface area contributed by atoms with Crippen LogP contribution in [0.2, 0.25) is 0 Å². The number of primary amides is 1. The third-order valence-electron chi connectivity index (χ3n) is 1.89. The van der Waals surface area contributed by atoms with Crippen molar-refractivity contribution in [1.82, 2.24) is 0 Å². The Balaban J connectivity index is 3.55. The average molecular weight is 289 g/mol. The second-order valence-corrected chi connectivity index (χ2v) is 5.93. The fraction of sp³-hybridized carbons (Fsp3) is 0.222. The second-order valence-electron chi connectivity index (χ2n) is 3.24. The van der Waals surface area contributed by atoms with Gasteiger partial charge in [-0.25, -0.2) is 4.79 Å². The zero-order valence-electron chi connectivity index (χ0n) is 9.61. The largest absolute Gasteiger partial charge is 0.508 e. The first-order chi connectivity index (χ1) is 8.32. The molecule has 18 heavy (non-hydrogen) atoms. The maximum Gasteiger partial charge on any atom is 0.356 e. The van der Waals surface area contributed by atoms with Gasteiger partial charge >= 0.3 is 6.03 Å². The van der Waals surface area contributed by atoms with E-state index in [-0.39, 0.29) is 21.2 Å². The highest BCUT2D eigenvalue weighted by atomic mass is 32.2. The van der Waals surface area contributed by atoms with Crippen molar-refractivity contribution in [3.8, 4) is 5.75 Å². The number of rotatable bonds is 3. The molecule has 0 saturated carbocycles. The Hall–Kier alpha value is -1.61. The molecule has 0 aliphatic rings. The molecule has 3 N–H and O–H groups in total. The molecule has 0 aliphatic carbocycles. The number of amides is 2. The van der Waals surface area contributed by atoms with Crippen molar-refractivity contribution in [2.75, 3.05) is 12.5 Å². The summed E-state index contributed by atoms with van der Waals surface area (Å²) in [6, 6.07) is 1.40. The van der Waals surface area contributed by atoms with Crippen molar-refractivity contribution >= 4 is 33.3 Å². The fourth-order valence-corrected chi connectivity index (χ4v) is 2.69. The van der Waals surface area contributed by atoms with Crippen LogP contribution in [0.4, 0.5) is 10.5 Å². The molecule has 1 aromatic carbocycles. The number of hydrogen-bond donors (Lipinski definition) is 2. The predicted molar refractivity (Wildman–Crippen MR) is 66.9 cm³/mol. The third kappa shape index (κ3) is 3.44. The summed E-state index contributed by atoms with van der Waals surface area (Å²) in [5.74, 6) is -0.191. The van der Waals surface area contributed by atoms with Gasteiger partial charge in [-0.3, -0.25) is 8.42 Å². The summed E-state index contributed by atoms with van der Waals surface area (Å²) in [6.45, 7) is 0. The Morgan fingerprint density at radius 3 is 2.00 bits per heavy atom. The van der Waals surface area contributed by atoms with Crippen LogP contribution in [-0.2, 0) is 21.6 Å². The Morgan fingerprint density at radius 1 is 1.22 bits per heavy atom. The number of nitrogens with two attached hydrogens (primary N) is 1. The summed E-state index contributed by atoms with van der Waals surface area (Å²) in [7, 11) is -2.99. The molecule has 0 aliphatic heterocycles. The fourth-order valence-electron chi connectivity index (χ4n) is 1.20. The number of carbonyl (C=O) groups is 1. The number of carbonyl (C=O) groups excluding carboxylic acids is 1. The van der Waals surface area contributed by atoms with E-state index in [1.807, 2.05) is 0 Å². The van der Waals surface area contributed by atoms with Crippen LogP contribution in [0, 0.1) is 0 Å². The lowest BCUT2D eigenvalue weighted by Gasteiger charge is -2.07. The number of aromatic hydroxyl groups is 1. The number of azo groups is 1. The van der Waals surface area contributed by atoms with Gasteiger partial charge in [0, 0.05) is 12.5 Å². The van der Waals surface area contributed by atoms with E-state index in [0.29, 0.717) is 0 Å². The van der Waals surface area contributed by atoms with E-state index in [1.54, 1.807) is 0 Å². The topological polar surface area (TPSA) is 122 Å². The number of hydrogen-bond acceptors (Lipinski definition) is 5. The highest BCUT2D eigenvalue weighted by Crippen LogP contribution is 2.33. The van der Waals surface area contributed by atoms with Gasteiger partial charge in [0.05, 0.1) is 31.4 Å². The third-order valence-corrected chi connectivity index (χ3v) is 3.75. The lowest BCUT2D eigenvalue weighted by Crippen LogP contribution is -2.02.